The molecule has 0 atom stereocenters. The molecule has 0 saturated carbocycles. The first-order chi connectivity index (χ1) is 18.9. The third kappa shape index (κ3) is 6.00. The summed E-state index contributed by atoms with van der Waals surface area (Å²) in [6.45, 7) is -0.0372. The van der Waals surface area contributed by atoms with E-state index in [0.29, 0.717) is 33.8 Å². The van der Waals surface area contributed by atoms with Crippen LogP contribution in [0.1, 0.15) is 11.1 Å². The van der Waals surface area contributed by atoms with Gasteiger partial charge in [-0.15, -0.1) is 0 Å². The molecule has 1 aliphatic rings. The van der Waals surface area contributed by atoms with Gasteiger partial charge in [-0.1, -0.05) is 60.7 Å². The predicted octanol–water partition coefficient (Wildman–Crippen LogP) is 6.86. The molecule has 3 amide bonds. The van der Waals surface area contributed by atoms with Crippen LogP contribution in [-0.4, -0.2) is 35.6 Å². The van der Waals surface area contributed by atoms with Gasteiger partial charge in [0, 0.05) is 5.69 Å². The summed E-state index contributed by atoms with van der Waals surface area (Å²) in [4.78, 5) is 39.0. The highest BCUT2D eigenvalue weighted by Gasteiger charge is 2.36. The van der Waals surface area contributed by atoms with Gasteiger partial charge in [0.1, 0.15) is 13.2 Å². The van der Waals surface area contributed by atoms with Gasteiger partial charge >= 0.3 is 0 Å². The number of ether oxygens (including phenoxy) is 2. The maximum atomic E-state index is 12.9. The van der Waals surface area contributed by atoms with Crippen LogP contribution in [0.4, 0.5) is 10.5 Å². The zero-order chi connectivity index (χ0) is 27.4. The molecule has 196 valence electrons. The second-order valence-electron chi connectivity index (χ2n) is 8.64. The fraction of sp³-hybridized carbons (Fsp3) is 0.100. The molecule has 1 heterocycles. The zero-order valence-corrected chi connectivity index (χ0v) is 23.3. The van der Waals surface area contributed by atoms with Crippen molar-refractivity contribution in [3.63, 3.8) is 0 Å². The van der Waals surface area contributed by atoms with Gasteiger partial charge in [-0.3, -0.25) is 19.3 Å². The molecule has 0 aromatic heterocycles. The number of rotatable bonds is 8. The molecule has 9 heteroatoms. The van der Waals surface area contributed by atoms with E-state index in [1.54, 1.807) is 42.5 Å². The number of halogens is 1. The number of hydrogen-bond acceptors (Lipinski definition) is 6. The van der Waals surface area contributed by atoms with E-state index in [-0.39, 0.29) is 11.4 Å². The normalized spacial score (nSPS) is 14.2. The van der Waals surface area contributed by atoms with Crippen LogP contribution in [0.2, 0.25) is 0 Å². The minimum absolute atomic E-state index is 0.214. The van der Waals surface area contributed by atoms with Crippen LogP contribution >= 0.6 is 27.7 Å². The average molecular weight is 603 g/mol. The molecule has 0 unspecified atom stereocenters. The molecule has 5 rings (SSSR count). The van der Waals surface area contributed by atoms with Crippen molar-refractivity contribution < 1.29 is 23.9 Å². The maximum Gasteiger partial charge on any atom is 0.294 e. The van der Waals surface area contributed by atoms with Crippen LogP contribution in [0.25, 0.3) is 16.8 Å². The van der Waals surface area contributed by atoms with Gasteiger partial charge in [0.05, 0.1) is 16.5 Å². The van der Waals surface area contributed by atoms with Crippen LogP contribution in [-0.2, 0) is 16.2 Å². The first kappa shape index (κ1) is 26.5. The Morgan fingerprint density at radius 2 is 1.74 bits per heavy atom. The lowest BCUT2D eigenvalue weighted by atomic mass is 10.1. The summed E-state index contributed by atoms with van der Waals surface area (Å²) in [6, 6.07) is 26.6. The van der Waals surface area contributed by atoms with Gasteiger partial charge in [-0.05, 0) is 79.9 Å². The number of anilines is 1. The molecule has 4 aromatic carbocycles. The molecular weight excluding hydrogens is 580 g/mol. The highest BCUT2D eigenvalue weighted by atomic mass is 79.9. The van der Waals surface area contributed by atoms with Crippen LogP contribution < -0.4 is 14.8 Å². The smallest absolute Gasteiger partial charge is 0.294 e. The summed E-state index contributed by atoms with van der Waals surface area (Å²) in [5.74, 6) is 0.00652. The lowest BCUT2D eigenvalue weighted by Crippen LogP contribution is -2.36. The number of nitrogens with zero attached hydrogens (tertiary/aromatic N) is 1. The first-order valence-electron chi connectivity index (χ1n) is 12.0. The van der Waals surface area contributed by atoms with Crippen LogP contribution in [0.5, 0.6) is 11.5 Å². The second-order valence-corrected chi connectivity index (χ2v) is 10.5. The third-order valence-electron chi connectivity index (χ3n) is 6.03. The summed E-state index contributed by atoms with van der Waals surface area (Å²) < 4.78 is 12.4. The lowest BCUT2D eigenvalue weighted by Gasteiger charge is -2.15. The van der Waals surface area contributed by atoms with Crippen molar-refractivity contribution in [2.45, 2.75) is 6.61 Å². The topological polar surface area (TPSA) is 84.9 Å². The van der Waals surface area contributed by atoms with E-state index < -0.39 is 17.1 Å². The minimum atomic E-state index is -0.528. The summed E-state index contributed by atoms with van der Waals surface area (Å²) >= 11 is 4.35. The molecule has 0 radical (unpaired) electrons. The molecule has 1 aliphatic heterocycles. The molecule has 4 aromatic rings. The SMILES string of the molecule is COc1cc(/C=C2/SC(=O)N(CC(=O)Nc3ccccc3)C2=O)cc(Br)c1OCc1cccc2ccccc12. The number of hydrogen-bond donors (Lipinski definition) is 1. The second kappa shape index (κ2) is 11.8. The van der Waals surface area contributed by atoms with Gasteiger partial charge in [0.15, 0.2) is 11.5 Å². The van der Waals surface area contributed by atoms with E-state index in [9.17, 15) is 14.4 Å². The fourth-order valence-electron chi connectivity index (χ4n) is 4.18. The van der Waals surface area contributed by atoms with Gasteiger partial charge in [-0.25, -0.2) is 0 Å². The Morgan fingerprint density at radius 1 is 1.00 bits per heavy atom. The molecule has 0 aliphatic carbocycles. The summed E-state index contributed by atoms with van der Waals surface area (Å²) in [5.41, 5.74) is 2.26. The predicted molar refractivity (Wildman–Crippen MR) is 157 cm³/mol. The van der Waals surface area contributed by atoms with Crippen molar-refractivity contribution in [2.75, 3.05) is 19.0 Å². The third-order valence-corrected chi connectivity index (χ3v) is 7.53. The van der Waals surface area contributed by atoms with Crippen molar-refractivity contribution in [3.8, 4) is 11.5 Å². The molecule has 1 N–H and O–H groups in total. The minimum Gasteiger partial charge on any atom is -0.493 e. The number of methoxy groups -OCH3 is 1. The Balaban J connectivity index is 1.31. The number of thioether (sulfide) groups is 1. The summed E-state index contributed by atoms with van der Waals surface area (Å²) in [6.07, 6.45) is 1.60. The molecule has 0 spiro atoms. The Kier molecular flexibility index (Phi) is 7.99. The largest absolute Gasteiger partial charge is 0.493 e. The molecule has 39 heavy (non-hydrogen) atoms. The Bertz CT molecular complexity index is 1600. The Labute approximate surface area is 237 Å². The number of fused-ring (bicyclic) bond motifs is 1. The number of amides is 3. The molecule has 0 bridgehead atoms. The van der Waals surface area contributed by atoms with Crippen LogP contribution in [0, 0.1) is 0 Å². The lowest BCUT2D eigenvalue weighted by molar-refractivity contribution is -0.127. The van der Waals surface area contributed by atoms with E-state index in [0.717, 1.165) is 33.0 Å². The van der Waals surface area contributed by atoms with Crippen molar-refractivity contribution in [1.29, 1.82) is 0 Å². The number of carbonyl (C=O) groups is 3. The highest BCUT2D eigenvalue weighted by molar-refractivity contribution is 9.10. The average Bonchev–Trinajstić information content (AvgIpc) is 3.19. The number of nitrogens with one attached hydrogen (secondary N) is 1. The van der Waals surface area contributed by atoms with Crippen LogP contribution in [0.3, 0.4) is 0 Å². The molecule has 1 saturated heterocycles. The van der Waals surface area contributed by atoms with E-state index in [2.05, 4.69) is 39.4 Å². The van der Waals surface area contributed by atoms with Gasteiger partial charge in [0.25, 0.3) is 11.1 Å². The maximum absolute atomic E-state index is 12.9. The Hall–Kier alpha value is -4.08. The van der Waals surface area contributed by atoms with Crippen molar-refractivity contribution >= 4 is 67.3 Å². The number of benzene rings is 4. The van der Waals surface area contributed by atoms with Crippen molar-refractivity contribution in [1.82, 2.24) is 4.90 Å². The zero-order valence-electron chi connectivity index (χ0n) is 20.8. The van der Waals surface area contributed by atoms with E-state index in [1.165, 1.54) is 7.11 Å². The number of carbonyl (C=O) groups excluding carboxylic acids is 3. The molecule has 1 fully saturated rings. The van der Waals surface area contributed by atoms with E-state index in [4.69, 9.17) is 9.47 Å². The summed E-state index contributed by atoms with van der Waals surface area (Å²) in [7, 11) is 1.54. The quantitative estimate of drug-likeness (QED) is 0.222. The van der Waals surface area contributed by atoms with E-state index >= 15 is 0 Å². The van der Waals surface area contributed by atoms with Gasteiger partial charge < -0.3 is 14.8 Å². The molecular formula is C30H23BrN2O5S. The van der Waals surface area contributed by atoms with Gasteiger partial charge in [-0.2, -0.15) is 0 Å². The van der Waals surface area contributed by atoms with Crippen molar-refractivity contribution in [2.24, 2.45) is 0 Å². The number of imide groups is 1. The molecule has 7 nitrogen and oxygen atoms in total. The summed E-state index contributed by atoms with van der Waals surface area (Å²) in [5, 5.41) is 4.42. The van der Waals surface area contributed by atoms with Gasteiger partial charge in [0.2, 0.25) is 5.91 Å². The van der Waals surface area contributed by atoms with Crippen molar-refractivity contribution in [3.05, 3.63) is 105 Å². The number of para-hydroxylation sites is 1. The van der Waals surface area contributed by atoms with Crippen LogP contribution in [0.15, 0.2) is 94.3 Å². The highest BCUT2D eigenvalue weighted by Crippen LogP contribution is 2.39. The Morgan fingerprint density at radius 3 is 2.54 bits per heavy atom. The standard InChI is InChI=1S/C30H23BrN2O5S/c1-37-25-15-19(14-24(31)28(25)38-18-21-10-7-9-20-8-5-6-13-23(20)21)16-26-29(35)33(30(36)39-26)17-27(34)32-22-11-3-2-4-12-22/h2-16H,17-18H2,1H3,(H,32,34)/b26-16+. The first-order valence-corrected chi connectivity index (χ1v) is 13.6. The fourth-order valence-corrected chi connectivity index (χ4v) is 5.60. The monoisotopic (exact) mass is 602 g/mol. The van der Waals surface area contributed by atoms with E-state index in [1.807, 2.05) is 30.3 Å².